The molecular weight excluding hydrogens is 486 g/mol. The first kappa shape index (κ1) is 24.9. The number of carboxylic acid groups (broad SMARTS) is 3. The van der Waals surface area contributed by atoms with Crippen molar-refractivity contribution in [2.45, 2.75) is 13.1 Å². The van der Waals surface area contributed by atoms with Gasteiger partial charge in [0.1, 0.15) is 11.5 Å². The van der Waals surface area contributed by atoms with Gasteiger partial charge in [0.2, 0.25) is 5.91 Å². The Morgan fingerprint density at radius 1 is 0.694 bits per heavy atom. The number of rotatable bonds is 10. The molecule has 2 aromatic carbocycles. The quantitative estimate of drug-likeness (QED) is 0.375. The highest BCUT2D eigenvalue weighted by atomic mass is 32.1. The van der Waals surface area contributed by atoms with Gasteiger partial charge in [-0.2, -0.15) is 0 Å². The van der Waals surface area contributed by atoms with Crippen LogP contribution in [0, 0.1) is 23.7 Å². The SMILES string of the molecule is O=C(O)C1C(C(=O)O)C(C(=O)N(Cc2ccc(Oc3ccccc3)cc2)Cc2cccs2)C1C(=O)O. The number of para-hydroxylation sites is 1. The summed E-state index contributed by atoms with van der Waals surface area (Å²) >= 11 is 1.40. The van der Waals surface area contributed by atoms with E-state index < -0.39 is 47.5 Å². The Kier molecular flexibility index (Phi) is 7.35. The van der Waals surface area contributed by atoms with E-state index in [0.717, 1.165) is 4.88 Å². The number of amides is 1. The van der Waals surface area contributed by atoms with E-state index in [2.05, 4.69) is 0 Å². The molecule has 1 saturated carbocycles. The summed E-state index contributed by atoms with van der Waals surface area (Å²) in [7, 11) is 0. The summed E-state index contributed by atoms with van der Waals surface area (Å²) < 4.78 is 5.79. The number of aliphatic carboxylic acids is 3. The van der Waals surface area contributed by atoms with Gasteiger partial charge in [-0.25, -0.2) is 0 Å². The molecule has 1 fully saturated rings. The zero-order chi connectivity index (χ0) is 25.8. The van der Waals surface area contributed by atoms with Crippen LogP contribution in [-0.2, 0) is 32.3 Å². The third kappa shape index (κ3) is 5.23. The van der Waals surface area contributed by atoms with Crippen LogP contribution in [0.5, 0.6) is 11.5 Å². The highest BCUT2D eigenvalue weighted by molar-refractivity contribution is 7.09. The van der Waals surface area contributed by atoms with Crippen molar-refractivity contribution >= 4 is 35.2 Å². The monoisotopic (exact) mass is 509 g/mol. The minimum absolute atomic E-state index is 0.0786. The van der Waals surface area contributed by atoms with Crippen molar-refractivity contribution in [3.63, 3.8) is 0 Å². The minimum Gasteiger partial charge on any atom is -0.481 e. The van der Waals surface area contributed by atoms with E-state index in [-0.39, 0.29) is 13.1 Å². The largest absolute Gasteiger partial charge is 0.481 e. The molecule has 2 unspecified atom stereocenters. The van der Waals surface area contributed by atoms with E-state index in [1.807, 2.05) is 47.8 Å². The third-order valence-electron chi connectivity index (χ3n) is 6.20. The predicted octanol–water partition coefficient (Wildman–Crippen LogP) is 3.80. The van der Waals surface area contributed by atoms with Crippen LogP contribution in [0.25, 0.3) is 0 Å². The Labute approximate surface area is 210 Å². The second-order valence-electron chi connectivity index (χ2n) is 8.45. The van der Waals surface area contributed by atoms with Crippen molar-refractivity contribution in [3.05, 3.63) is 82.6 Å². The first-order valence-electron chi connectivity index (χ1n) is 11.1. The summed E-state index contributed by atoms with van der Waals surface area (Å²) in [5, 5.41) is 30.5. The van der Waals surface area contributed by atoms with E-state index in [4.69, 9.17) is 4.74 Å². The molecule has 1 amide bonds. The number of benzene rings is 2. The zero-order valence-corrected chi connectivity index (χ0v) is 19.7. The van der Waals surface area contributed by atoms with Gasteiger partial charge in [0.15, 0.2) is 0 Å². The molecule has 10 heteroatoms. The summed E-state index contributed by atoms with van der Waals surface area (Å²) in [6, 6.07) is 19.8. The first-order chi connectivity index (χ1) is 17.3. The van der Waals surface area contributed by atoms with Crippen molar-refractivity contribution in [1.82, 2.24) is 4.90 Å². The van der Waals surface area contributed by atoms with Crippen LogP contribution < -0.4 is 4.74 Å². The molecular formula is C26H23NO8S. The lowest BCUT2D eigenvalue weighted by atomic mass is 9.56. The fourth-order valence-corrected chi connectivity index (χ4v) is 5.22. The number of hydrogen-bond acceptors (Lipinski definition) is 6. The molecule has 4 rings (SSSR count). The molecule has 1 aliphatic rings. The van der Waals surface area contributed by atoms with Crippen LogP contribution in [0.2, 0.25) is 0 Å². The lowest BCUT2D eigenvalue weighted by molar-refractivity contribution is -0.190. The lowest BCUT2D eigenvalue weighted by Crippen LogP contribution is -2.62. The lowest BCUT2D eigenvalue weighted by Gasteiger charge is -2.45. The van der Waals surface area contributed by atoms with Crippen LogP contribution in [0.4, 0.5) is 0 Å². The number of carbonyl (C=O) groups is 4. The van der Waals surface area contributed by atoms with Crippen LogP contribution >= 0.6 is 11.3 Å². The standard InChI is InChI=1S/C26H23NO8S/c28-23(19-20(24(29)30)22(26(33)34)21(19)25(31)32)27(14-18-7-4-12-36-18)13-15-8-10-17(11-9-15)35-16-5-2-1-3-6-16/h1-12,19-22H,13-14H2,(H,29,30)(H,31,32)(H,33,34). The third-order valence-corrected chi connectivity index (χ3v) is 7.06. The second kappa shape index (κ2) is 10.6. The van der Waals surface area contributed by atoms with E-state index in [1.165, 1.54) is 16.2 Å². The van der Waals surface area contributed by atoms with E-state index >= 15 is 0 Å². The fraction of sp³-hybridized carbons (Fsp3) is 0.231. The Hall–Kier alpha value is -4.18. The predicted molar refractivity (Wildman–Crippen MR) is 128 cm³/mol. The molecule has 0 bridgehead atoms. The summed E-state index contributed by atoms with van der Waals surface area (Å²) in [6.07, 6.45) is 0. The fourth-order valence-electron chi connectivity index (χ4n) is 4.50. The van der Waals surface area contributed by atoms with Gasteiger partial charge >= 0.3 is 17.9 Å². The normalized spacial score (nSPS) is 20.7. The van der Waals surface area contributed by atoms with Crippen LogP contribution in [0.3, 0.4) is 0 Å². The summed E-state index contributed by atoms with van der Waals surface area (Å²) in [6.45, 7) is 0.209. The molecule has 0 aliphatic heterocycles. The number of nitrogens with zero attached hydrogens (tertiary/aromatic N) is 1. The average molecular weight is 510 g/mol. The van der Waals surface area contributed by atoms with Gasteiger partial charge in [-0.05, 0) is 41.3 Å². The molecule has 2 atom stereocenters. The number of carboxylic acids is 3. The maximum absolute atomic E-state index is 13.5. The van der Waals surface area contributed by atoms with Gasteiger partial charge in [-0.3, -0.25) is 19.2 Å². The molecule has 3 aromatic rings. The number of thiophene rings is 1. The Morgan fingerprint density at radius 3 is 1.78 bits per heavy atom. The molecule has 1 heterocycles. The molecule has 1 aliphatic carbocycles. The molecule has 0 saturated heterocycles. The van der Waals surface area contributed by atoms with Gasteiger partial charge in [0.05, 0.1) is 30.2 Å². The number of ether oxygens (including phenoxy) is 1. The maximum atomic E-state index is 13.5. The minimum atomic E-state index is -1.67. The van der Waals surface area contributed by atoms with Gasteiger partial charge in [-0.15, -0.1) is 11.3 Å². The summed E-state index contributed by atoms with van der Waals surface area (Å²) in [4.78, 5) is 51.0. The average Bonchev–Trinajstić information content (AvgIpc) is 3.32. The second-order valence-corrected chi connectivity index (χ2v) is 9.48. The zero-order valence-electron chi connectivity index (χ0n) is 18.9. The van der Waals surface area contributed by atoms with Gasteiger partial charge in [0, 0.05) is 11.4 Å². The Balaban J connectivity index is 1.57. The highest BCUT2D eigenvalue weighted by Gasteiger charge is 2.64. The Morgan fingerprint density at radius 2 is 1.25 bits per heavy atom. The topological polar surface area (TPSA) is 141 Å². The van der Waals surface area contributed by atoms with Gasteiger partial charge < -0.3 is 25.0 Å². The van der Waals surface area contributed by atoms with Gasteiger partial charge in [-0.1, -0.05) is 36.4 Å². The number of carbonyl (C=O) groups excluding carboxylic acids is 1. The van der Waals surface area contributed by atoms with Crippen LogP contribution in [0.15, 0.2) is 72.1 Å². The Bertz CT molecular complexity index is 1220. The molecule has 0 radical (unpaired) electrons. The molecule has 1 aromatic heterocycles. The van der Waals surface area contributed by atoms with Crippen molar-refractivity contribution in [3.8, 4) is 11.5 Å². The molecule has 36 heavy (non-hydrogen) atoms. The molecule has 186 valence electrons. The molecule has 3 N–H and O–H groups in total. The number of hydrogen-bond donors (Lipinski definition) is 3. The van der Waals surface area contributed by atoms with Gasteiger partial charge in [0.25, 0.3) is 0 Å². The first-order valence-corrected chi connectivity index (χ1v) is 12.0. The van der Waals surface area contributed by atoms with E-state index in [1.54, 1.807) is 24.3 Å². The maximum Gasteiger partial charge on any atom is 0.308 e. The van der Waals surface area contributed by atoms with Crippen molar-refractivity contribution < 1.29 is 39.2 Å². The highest BCUT2D eigenvalue weighted by Crippen LogP contribution is 2.48. The van der Waals surface area contributed by atoms with E-state index in [0.29, 0.717) is 17.1 Å². The van der Waals surface area contributed by atoms with Crippen LogP contribution in [0.1, 0.15) is 10.4 Å². The van der Waals surface area contributed by atoms with Crippen molar-refractivity contribution in [2.24, 2.45) is 23.7 Å². The van der Waals surface area contributed by atoms with E-state index in [9.17, 15) is 34.5 Å². The summed E-state index contributed by atoms with van der Waals surface area (Å²) in [5.74, 6) is -10.4. The van der Waals surface area contributed by atoms with Crippen molar-refractivity contribution in [2.75, 3.05) is 0 Å². The molecule has 9 nitrogen and oxygen atoms in total. The smallest absolute Gasteiger partial charge is 0.308 e. The summed E-state index contributed by atoms with van der Waals surface area (Å²) in [5.41, 5.74) is 0.716. The van der Waals surface area contributed by atoms with Crippen LogP contribution in [-0.4, -0.2) is 44.0 Å². The van der Waals surface area contributed by atoms with Crippen molar-refractivity contribution in [1.29, 1.82) is 0 Å². The molecule has 0 spiro atoms.